The molecule has 0 saturated heterocycles. The molecule has 184 valence electrons. The van der Waals surface area contributed by atoms with E-state index in [2.05, 4.69) is 26.1 Å². The average molecular weight is 503 g/mol. The molecule has 36 heavy (non-hydrogen) atoms. The van der Waals surface area contributed by atoms with E-state index in [4.69, 9.17) is 16.3 Å². The lowest BCUT2D eigenvalue weighted by Gasteiger charge is -2.22. The van der Waals surface area contributed by atoms with Gasteiger partial charge in [-0.15, -0.1) is 0 Å². The van der Waals surface area contributed by atoms with Crippen molar-refractivity contribution in [1.82, 2.24) is 0 Å². The molecule has 0 saturated carbocycles. The number of anilines is 2. The minimum Gasteiger partial charge on any atom is -0.423 e. The van der Waals surface area contributed by atoms with Gasteiger partial charge in [-0.1, -0.05) is 62.7 Å². The zero-order chi connectivity index (χ0) is 26.2. The predicted molar refractivity (Wildman–Crippen MR) is 141 cm³/mol. The normalized spacial score (nSPS) is 13.9. The van der Waals surface area contributed by atoms with Crippen LogP contribution >= 0.6 is 11.6 Å². The van der Waals surface area contributed by atoms with Crippen LogP contribution in [0.5, 0.6) is 5.75 Å². The smallest absolute Gasteiger partial charge is 0.343 e. The number of imide groups is 1. The molecular formula is C29H27ClN2O4. The summed E-state index contributed by atoms with van der Waals surface area (Å²) in [6, 6.07) is 19.4. The molecule has 2 amide bonds. The van der Waals surface area contributed by atoms with E-state index in [0.29, 0.717) is 22.7 Å². The van der Waals surface area contributed by atoms with Gasteiger partial charge in [-0.2, -0.15) is 0 Å². The molecule has 0 atom stereocenters. The highest BCUT2D eigenvalue weighted by Crippen LogP contribution is 2.33. The Morgan fingerprint density at radius 1 is 0.917 bits per heavy atom. The number of halogens is 1. The molecule has 0 radical (unpaired) electrons. The number of carbonyl (C=O) groups excluding carboxylic acids is 3. The molecule has 1 aliphatic heterocycles. The summed E-state index contributed by atoms with van der Waals surface area (Å²) in [7, 11) is 0. The van der Waals surface area contributed by atoms with Crippen molar-refractivity contribution in [1.29, 1.82) is 0 Å². The van der Waals surface area contributed by atoms with E-state index in [1.54, 1.807) is 36.4 Å². The van der Waals surface area contributed by atoms with Crippen molar-refractivity contribution in [2.45, 2.75) is 40.0 Å². The lowest BCUT2D eigenvalue weighted by Crippen LogP contribution is -2.32. The zero-order valence-electron chi connectivity index (χ0n) is 20.8. The number of aryl methyl sites for hydroxylation is 2. The number of hydrogen-bond donors (Lipinski definition) is 1. The van der Waals surface area contributed by atoms with Gasteiger partial charge in [-0.3, -0.25) is 9.59 Å². The molecule has 3 aromatic rings. The lowest BCUT2D eigenvalue weighted by atomic mass is 9.86. The number of esters is 1. The summed E-state index contributed by atoms with van der Waals surface area (Å²) in [5.41, 5.74) is 3.76. The Labute approximate surface area is 215 Å². The molecule has 3 aromatic carbocycles. The highest BCUT2D eigenvalue weighted by atomic mass is 35.5. The van der Waals surface area contributed by atoms with E-state index < -0.39 is 17.8 Å². The second-order valence-corrected chi connectivity index (χ2v) is 10.1. The lowest BCUT2D eigenvalue weighted by molar-refractivity contribution is -0.120. The summed E-state index contributed by atoms with van der Waals surface area (Å²) in [4.78, 5) is 39.8. The molecule has 0 bridgehead atoms. The van der Waals surface area contributed by atoms with Crippen LogP contribution in [-0.4, -0.2) is 17.8 Å². The second kappa shape index (κ2) is 9.63. The van der Waals surface area contributed by atoms with E-state index in [1.165, 1.54) is 0 Å². The molecule has 1 heterocycles. The van der Waals surface area contributed by atoms with E-state index >= 15 is 0 Å². The van der Waals surface area contributed by atoms with Gasteiger partial charge in [0, 0.05) is 11.3 Å². The first-order valence-corrected chi connectivity index (χ1v) is 11.9. The van der Waals surface area contributed by atoms with Gasteiger partial charge in [-0.25, -0.2) is 9.69 Å². The Kier molecular flexibility index (Phi) is 6.74. The Balaban J connectivity index is 1.51. The van der Waals surface area contributed by atoms with Crippen molar-refractivity contribution in [2.75, 3.05) is 10.2 Å². The van der Waals surface area contributed by atoms with Crippen molar-refractivity contribution in [3.63, 3.8) is 0 Å². The summed E-state index contributed by atoms with van der Waals surface area (Å²) in [5, 5.41) is 2.74. The fourth-order valence-corrected chi connectivity index (χ4v) is 4.17. The highest BCUT2D eigenvalue weighted by molar-refractivity contribution is 6.53. The largest absolute Gasteiger partial charge is 0.423 e. The van der Waals surface area contributed by atoms with Crippen LogP contribution in [0.1, 0.15) is 47.8 Å². The van der Waals surface area contributed by atoms with Gasteiger partial charge in [0.15, 0.2) is 0 Å². The third-order valence-corrected chi connectivity index (χ3v) is 6.27. The molecule has 0 fully saturated rings. The summed E-state index contributed by atoms with van der Waals surface area (Å²) >= 11 is 6.26. The van der Waals surface area contributed by atoms with Crippen molar-refractivity contribution in [3.05, 3.63) is 99.7 Å². The quantitative estimate of drug-likeness (QED) is 0.253. The first-order valence-electron chi connectivity index (χ1n) is 11.5. The molecule has 0 aromatic heterocycles. The molecule has 4 rings (SSSR count). The Bertz CT molecular complexity index is 1400. The van der Waals surface area contributed by atoms with Crippen LogP contribution in [0.15, 0.2) is 77.5 Å². The number of nitrogens with zero attached hydrogens (tertiary/aromatic N) is 1. The zero-order valence-corrected chi connectivity index (χ0v) is 21.6. The minimum atomic E-state index is -0.587. The van der Waals surface area contributed by atoms with Crippen LogP contribution in [-0.2, 0) is 15.0 Å². The van der Waals surface area contributed by atoms with Crippen LogP contribution in [0, 0.1) is 13.8 Å². The van der Waals surface area contributed by atoms with Crippen molar-refractivity contribution >= 4 is 40.8 Å². The van der Waals surface area contributed by atoms with Gasteiger partial charge in [0.25, 0.3) is 11.8 Å². The molecule has 0 spiro atoms. The number of para-hydroxylation sites is 1. The molecule has 0 aliphatic carbocycles. The van der Waals surface area contributed by atoms with Gasteiger partial charge in [0.1, 0.15) is 16.5 Å². The molecule has 6 nitrogen and oxygen atoms in total. The maximum Gasteiger partial charge on any atom is 0.343 e. The topological polar surface area (TPSA) is 75.7 Å². The third kappa shape index (κ3) is 4.90. The maximum absolute atomic E-state index is 13.1. The van der Waals surface area contributed by atoms with Crippen molar-refractivity contribution < 1.29 is 19.1 Å². The number of ether oxygens (including phenoxy) is 1. The van der Waals surface area contributed by atoms with Gasteiger partial charge in [-0.05, 0) is 66.8 Å². The fraction of sp³-hybridized carbons (Fsp3) is 0.207. The highest BCUT2D eigenvalue weighted by Gasteiger charge is 2.39. The first kappa shape index (κ1) is 25.2. The maximum atomic E-state index is 13.1. The van der Waals surface area contributed by atoms with Crippen molar-refractivity contribution in [2.24, 2.45) is 0 Å². The number of amides is 2. The molecule has 0 unspecified atom stereocenters. The number of hydrogen-bond acceptors (Lipinski definition) is 5. The summed E-state index contributed by atoms with van der Waals surface area (Å²) in [5.74, 6) is -1.11. The molecule has 7 heteroatoms. The minimum absolute atomic E-state index is 0.0167. The molecule has 1 N–H and O–H groups in total. The predicted octanol–water partition coefficient (Wildman–Crippen LogP) is 6.26. The van der Waals surface area contributed by atoms with Gasteiger partial charge in [0.2, 0.25) is 0 Å². The van der Waals surface area contributed by atoms with Crippen LogP contribution in [0.4, 0.5) is 11.4 Å². The van der Waals surface area contributed by atoms with Crippen LogP contribution in [0.25, 0.3) is 0 Å². The van der Waals surface area contributed by atoms with E-state index in [-0.39, 0.29) is 16.1 Å². The monoisotopic (exact) mass is 502 g/mol. The van der Waals surface area contributed by atoms with Gasteiger partial charge >= 0.3 is 5.97 Å². The fourth-order valence-electron chi connectivity index (χ4n) is 3.96. The number of rotatable bonds is 5. The standard InChI is InChI=1S/C29H27ClN2O4/c1-17-10-11-18(2)22(16-17)32-26(33)24(30)25(27(32)34)31-20-14-12-19(13-15-20)28(35)36-23-9-7-6-8-21(23)29(3,4)5/h6-16,31H,1-5H3. The van der Waals surface area contributed by atoms with E-state index in [9.17, 15) is 14.4 Å². The summed E-state index contributed by atoms with van der Waals surface area (Å²) < 4.78 is 5.67. The van der Waals surface area contributed by atoms with Crippen LogP contribution in [0.3, 0.4) is 0 Å². The van der Waals surface area contributed by atoms with Crippen molar-refractivity contribution in [3.8, 4) is 5.75 Å². The average Bonchev–Trinajstić information content (AvgIpc) is 3.04. The van der Waals surface area contributed by atoms with E-state index in [0.717, 1.165) is 21.6 Å². The molecule has 1 aliphatic rings. The Morgan fingerprint density at radius 3 is 2.25 bits per heavy atom. The first-order chi connectivity index (χ1) is 17.0. The van der Waals surface area contributed by atoms with E-state index in [1.807, 2.05) is 44.2 Å². The number of nitrogens with one attached hydrogen (secondary N) is 1. The Morgan fingerprint density at radius 2 is 1.58 bits per heavy atom. The summed E-state index contributed by atoms with van der Waals surface area (Å²) in [6.45, 7) is 9.87. The molecular weight excluding hydrogens is 476 g/mol. The van der Waals surface area contributed by atoms with Crippen LogP contribution in [0.2, 0.25) is 0 Å². The summed E-state index contributed by atoms with van der Waals surface area (Å²) in [6.07, 6.45) is 0. The van der Waals surface area contributed by atoms with Crippen LogP contribution < -0.4 is 15.0 Å². The second-order valence-electron chi connectivity index (χ2n) is 9.76. The Hall–Kier alpha value is -3.90. The van der Waals surface area contributed by atoms with Gasteiger partial charge < -0.3 is 10.1 Å². The van der Waals surface area contributed by atoms with Gasteiger partial charge in [0.05, 0.1) is 11.3 Å². The SMILES string of the molecule is Cc1ccc(C)c(N2C(=O)C(Cl)=C(Nc3ccc(C(=O)Oc4ccccc4C(C)(C)C)cc3)C2=O)c1. The number of carbonyl (C=O) groups is 3. The third-order valence-electron chi connectivity index (χ3n) is 5.92. The number of benzene rings is 3.